The van der Waals surface area contributed by atoms with E-state index in [9.17, 15) is 9.59 Å². The second-order valence-corrected chi connectivity index (χ2v) is 14.3. The zero-order valence-electron chi connectivity index (χ0n) is 25.8. The third-order valence-corrected chi connectivity index (χ3v) is 7.66. The second kappa shape index (κ2) is 14.3. The van der Waals surface area contributed by atoms with Gasteiger partial charge in [0, 0.05) is 16.6 Å². The number of esters is 2. The molecule has 222 valence electrons. The Morgan fingerprint density at radius 1 is 0.738 bits per heavy atom. The van der Waals surface area contributed by atoms with Gasteiger partial charge in [0.05, 0.1) is 3.42 Å². The molecule has 42 heavy (non-hydrogen) atoms. The predicted molar refractivity (Wildman–Crippen MR) is 181 cm³/mol. The van der Waals surface area contributed by atoms with E-state index >= 15 is 0 Å². The Morgan fingerprint density at radius 2 is 1.29 bits per heavy atom. The van der Waals surface area contributed by atoms with Crippen LogP contribution in [0.15, 0.2) is 114 Å². The number of aryl methyl sites for hydroxylation is 3. The third-order valence-electron chi connectivity index (χ3n) is 7.04. The average molecular weight is 679 g/mol. The summed E-state index contributed by atoms with van der Waals surface area (Å²) >= 11 is 2.38. The van der Waals surface area contributed by atoms with E-state index in [1.807, 2.05) is 30.4 Å². The zero-order chi connectivity index (χ0) is 31.1. The first-order valence-electron chi connectivity index (χ1n) is 14.5. The SMILES string of the molecule is C=C(C)C(=O)OC1=CC(C)(C)C=C(CCc2ccc(CCC3=CC(C)(I)C=C(OC(=O)C(=C)C)C=C3)cc2CC)C=C1. The molecule has 1 aromatic carbocycles. The van der Waals surface area contributed by atoms with E-state index in [0.717, 1.165) is 32.1 Å². The summed E-state index contributed by atoms with van der Waals surface area (Å²) in [5.41, 5.74) is 7.01. The largest absolute Gasteiger partial charge is 0.424 e. The van der Waals surface area contributed by atoms with Crippen molar-refractivity contribution in [3.05, 3.63) is 130 Å². The van der Waals surface area contributed by atoms with Gasteiger partial charge in [-0.05, 0) is 99.4 Å². The Balaban J connectivity index is 1.65. The lowest BCUT2D eigenvalue weighted by Crippen LogP contribution is -2.11. The fourth-order valence-corrected chi connectivity index (χ4v) is 5.65. The molecule has 1 unspecified atom stereocenters. The predicted octanol–water partition coefficient (Wildman–Crippen LogP) is 9.33. The summed E-state index contributed by atoms with van der Waals surface area (Å²) in [6.07, 6.45) is 20.9. The number of allylic oxidation sites excluding steroid dienone is 10. The van der Waals surface area contributed by atoms with Crippen LogP contribution in [-0.2, 0) is 38.3 Å². The van der Waals surface area contributed by atoms with Gasteiger partial charge >= 0.3 is 11.9 Å². The summed E-state index contributed by atoms with van der Waals surface area (Å²) in [7, 11) is 0. The van der Waals surface area contributed by atoms with Gasteiger partial charge in [0.15, 0.2) is 0 Å². The van der Waals surface area contributed by atoms with Crippen molar-refractivity contribution in [3.8, 4) is 0 Å². The minimum absolute atomic E-state index is 0.237. The van der Waals surface area contributed by atoms with Crippen molar-refractivity contribution in [1.82, 2.24) is 0 Å². The van der Waals surface area contributed by atoms with Crippen LogP contribution in [0.1, 0.15) is 71.1 Å². The van der Waals surface area contributed by atoms with Crippen molar-refractivity contribution < 1.29 is 19.1 Å². The monoisotopic (exact) mass is 678 g/mol. The van der Waals surface area contributed by atoms with Crippen molar-refractivity contribution >= 4 is 34.5 Å². The fraction of sp³-hybridized carbons (Fsp3) is 0.351. The highest BCUT2D eigenvalue weighted by Gasteiger charge is 2.21. The number of alkyl halides is 1. The van der Waals surface area contributed by atoms with E-state index in [1.165, 1.54) is 27.8 Å². The highest BCUT2D eigenvalue weighted by atomic mass is 127. The van der Waals surface area contributed by atoms with Crippen LogP contribution in [0.2, 0.25) is 0 Å². The maximum atomic E-state index is 12.0. The molecule has 2 aliphatic rings. The van der Waals surface area contributed by atoms with Gasteiger partial charge in [-0.15, -0.1) is 0 Å². The molecule has 0 bridgehead atoms. The lowest BCUT2D eigenvalue weighted by atomic mass is 9.89. The Labute approximate surface area is 265 Å². The smallest absolute Gasteiger partial charge is 0.338 e. The van der Waals surface area contributed by atoms with Gasteiger partial charge in [-0.1, -0.05) is 105 Å². The van der Waals surface area contributed by atoms with E-state index in [0.29, 0.717) is 22.7 Å². The molecule has 1 aromatic rings. The van der Waals surface area contributed by atoms with Crippen LogP contribution in [0.3, 0.4) is 0 Å². The van der Waals surface area contributed by atoms with Gasteiger partial charge in [0.1, 0.15) is 11.5 Å². The molecule has 0 fully saturated rings. The first-order chi connectivity index (χ1) is 19.7. The summed E-state index contributed by atoms with van der Waals surface area (Å²) in [6, 6.07) is 6.86. The number of carbonyl (C=O) groups excluding carboxylic acids is 2. The van der Waals surface area contributed by atoms with Crippen LogP contribution in [0, 0.1) is 5.41 Å². The van der Waals surface area contributed by atoms with E-state index in [2.05, 4.69) is 99.9 Å². The van der Waals surface area contributed by atoms with E-state index < -0.39 is 11.9 Å². The van der Waals surface area contributed by atoms with Crippen LogP contribution in [0.5, 0.6) is 0 Å². The minimum Gasteiger partial charge on any atom is -0.424 e. The van der Waals surface area contributed by atoms with Gasteiger partial charge in [-0.25, -0.2) is 9.59 Å². The number of ether oxygens (including phenoxy) is 2. The molecule has 4 nitrogen and oxygen atoms in total. The van der Waals surface area contributed by atoms with E-state index in [-0.39, 0.29) is 8.84 Å². The Bertz CT molecular complexity index is 1440. The standard InChI is InChI=1S/C37H43IO4/c1-9-30-20-27(10-11-29-15-19-33(24-37(8,38)22-29)42-35(40)26(4)5)12-16-31(30)17-13-28-14-18-32(23-36(6,7)21-28)41-34(39)25(2)3/h12,14-16,18-24H,2,4,9-11,13,17H2,1,3,5-8H3. The van der Waals surface area contributed by atoms with Crippen LogP contribution >= 0.6 is 22.6 Å². The Morgan fingerprint density at radius 3 is 1.86 bits per heavy atom. The molecule has 1 atom stereocenters. The number of rotatable bonds is 11. The average Bonchev–Trinajstić information content (AvgIpc) is 3.14. The van der Waals surface area contributed by atoms with Crippen LogP contribution in [-0.4, -0.2) is 15.4 Å². The summed E-state index contributed by atoms with van der Waals surface area (Å²) in [5, 5.41) is 0. The summed E-state index contributed by atoms with van der Waals surface area (Å²) in [5.74, 6) is 0.289. The molecular formula is C37H43IO4. The van der Waals surface area contributed by atoms with Crippen LogP contribution < -0.4 is 0 Å². The molecule has 0 aromatic heterocycles. The highest BCUT2D eigenvalue weighted by Crippen LogP contribution is 2.32. The summed E-state index contributed by atoms with van der Waals surface area (Å²) < 4.78 is 10.7. The van der Waals surface area contributed by atoms with Gasteiger partial charge in [-0.2, -0.15) is 0 Å². The number of hydrogen-bond donors (Lipinski definition) is 0. The number of carbonyl (C=O) groups is 2. The van der Waals surface area contributed by atoms with Crippen molar-refractivity contribution in [2.45, 2.75) is 77.1 Å². The van der Waals surface area contributed by atoms with Crippen molar-refractivity contribution in [2.75, 3.05) is 0 Å². The highest BCUT2D eigenvalue weighted by molar-refractivity contribution is 14.1. The fourth-order valence-electron chi connectivity index (χ4n) is 4.94. The molecule has 0 spiro atoms. The third kappa shape index (κ3) is 10.3. The zero-order valence-corrected chi connectivity index (χ0v) is 28.0. The van der Waals surface area contributed by atoms with Crippen molar-refractivity contribution in [2.24, 2.45) is 5.41 Å². The molecule has 0 saturated heterocycles. The van der Waals surface area contributed by atoms with Gasteiger partial charge in [-0.3, -0.25) is 0 Å². The molecule has 3 rings (SSSR count). The molecule has 5 heteroatoms. The summed E-state index contributed by atoms with van der Waals surface area (Å²) in [4.78, 5) is 24.1. The Kier molecular flexibility index (Phi) is 11.4. The number of halogens is 1. The lowest BCUT2D eigenvalue weighted by molar-refractivity contribution is -0.135. The molecule has 2 aliphatic carbocycles. The van der Waals surface area contributed by atoms with Crippen LogP contribution in [0.25, 0.3) is 0 Å². The number of hydrogen-bond acceptors (Lipinski definition) is 4. The van der Waals surface area contributed by atoms with Crippen molar-refractivity contribution in [1.29, 1.82) is 0 Å². The van der Waals surface area contributed by atoms with Crippen molar-refractivity contribution in [3.63, 3.8) is 0 Å². The lowest BCUT2D eigenvalue weighted by Gasteiger charge is -2.17. The van der Waals surface area contributed by atoms with E-state index in [1.54, 1.807) is 13.8 Å². The quantitative estimate of drug-likeness (QED) is 0.101. The maximum absolute atomic E-state index is 12.0. The van der Waals surface area contributed by atoms with E-state index in [4.69, 9.17) is 9.47 Å². The van der Waals surface area contributed by atoms with Gasteiger partial charge < -0.3 is 9.47 Å². The number of benzene rings is 1. The molecule has 0 amide bonds. The molecule has 0 saturated carbocycles. The maximum Gasteiger partial charge on any atom is 0.338 e. The Hall–Kier alpha value is -3.19. The second-order valence-electron chi connectivity index (χ2n) is 12.0. The first kappa shape index (κ1) is 33.3. The normalized spacial score (nSPS) is 19.4. The topological polar surface area (TPSA) is 52.6 Å². The first-order valence-corrected chi connectivity index (χ1v) is 15.5. The molecule has 0 aliphatic heterocycles. The van der Waals surface area contributed by atoms with Gasteiger partial charge in [0.2, 0.25) is 0 Å². The molecule has 0 radical (unpaired) electrons. The molecule has 0 N–H and O–H groups in total. The molecule has 0 heterocycles. The van der Waals surface area contributed by atoms with Gasteiger partial charge in [0.25, 0.3) is 0 Å². The molecular weight excluding hydrogens is 635 g/mol. The van der Waals surface area contributed by atoms with Crippen LogP contribution in [0.4, 0.5) is 0 Å². The summed E-state index contributed by atoms with van der Waals surface area (Å²) in [6.45, 7) is 19.2. The minimum atomic E-state index is -0.408.